The Kier molecular flexibility index (Phi) is 4.11. The number of nitrogens with zero attached hydrogens (tertiary/aromatic N) is 2. The highest BCUT2D eigenvalue weighted by Gasteiger charge is 2.35. The fraction of sp³-hybridized carbons (Fsp3) is 0.636. The van der Waals surface area contributed by atoms with Crippen molar-refractivity contribution >= 4 is 11.9 Å². The van der Waals surface area contributed by atoms with Gasteiger partial charge in [0.25, 0.3) is 0 Å². The summed E-state index contributed by atoms with van der Waals surface area (Å²) in [6.07, 6.45) is 0. The first-order chi connectivity index (χ1) is 7.90. The zero-order valence-electron chi connectivity index (χ0n) is 10.7. The van der Waals surface area contributed by atoms with Gasteiger partial charge in [0.05, 0.1) is 23.9 Å². The van der Waals surface area contributed by atoms with E-state index in [2.05, 4.69) is 4.99 Å². The number of allylic oxidation sites excluding steroid dienone is 1. The quantitative estimate of drug-likeness (QED) is 0.548. The number of hydrogen-bond acceptors (Lipinski definition) is 6. The third-order valence-corrected chi connectivity index (χ3v) is 2.66. The molecule has 0 aromatic rings. The lowest BCUT2D eigenvalue weighted by Crippen LogP contribution is -2.55. The first-order valence-electron chi connectivity index (χ1n) is 5.66. The monoisotopic (exact) mass is 240 g/mol. The largest absolute Gasteiger partial charge is 0.463 e. The Morgan fingerprint density at radius 3 is 2.65 bits per heavy atom. The molecule has 0 radical (unpaired) electrons. The maximum atomic E-state index is 11.9. The van der Waals surface area contributed by atoms with Crippen LogP contribution in [0.1, 0.15) is 27.7 Å². The molecule has 6 nitrogen and oxygen atoms in total. The highest BCUT2D eigenvalue weighted by Crippen LogP contribution is 2.25. The zero-order chi connectivity index (χ0) is 13.2. The van der Waals surface area contributed by atoms with Crippen LogP contribution in [0.5, 0.6) is 0 Å². The normalized spacial score (nSPS) is 20.7. The lowest BCUT2D eigenvalue weighted by atomic mass is 9.93. The molecule has 0 saturated carbocycles. The van der Waals surface area contributed by atoms with Crippen LogP contribution in [0, 0.1) is 5.92 Å². The van der Waals surface area contributed by atoms with Crippen LogP contribution in [0.3, 0.4) is 0 Å². The van der Waals surface area contributed by atoms with E-state index < -0.39 is 0 Å². The van der Waals surface area contributed by atoms with E-state index in [1.165, 1.54) is 5.01 Å². The van der Waals surface area contributed by atoms with Crippen LogP contribution in [0.2, 0.25) is 0 Å². The highest BCUT2D eigenvalue weighted by atomic mass is 16.5. The second-order valence-corrected chi connectivity index (χ2v) is 4.29. The number of aliphatic imine (C=N–C) groups is 1. The van der Waals surface area contributed by atoms with Gasteiger partial charge in [0, 0.05) is 0 Å². The van der Waals surface area contributed by atoms with Crippen molar-refractivity contribution in [1.82, 2.24) is 5.01 Å². The first-order valence-corrected chi connectivity index (χ1v) is 5.66. The summed E-state index contributed by atoms with van der Waals surface area (Å²) < 4.78 is 5.03. The molecule has 0 aliphatic carbocycles. The van der Waals surface area contributed by atoms with Gasteiger partial charge in [-0.15, -0.1) is 0 Å². The molecule has 1 heterocycles. The van der Waals surface area contributed by atoms with Gasteiger partial charge < -0.3 is 10.5 Å². The molecule has 0 aromatic heterocycles. The minimum absolute atomic E-state index is 0.128. The van der Waals surface area contributed by atoms with Crippen molar-refractivity contribution in [1.29, 1.82) is 0 Å². The molecule has 0 aromatic carbocycles. The van der Waals surface area contributed by atoms with E-state index >= 15 is 0 Å². The Morgan fingerprint density at radius 2 is 2.18 bits per heavy atom. The highest BCUT2D eigenvalue weighted by molar-refractivity contribution is 5.94. The van der Waals surface area contributed by atoms with Gasteiger partial charge in [-0.25, -0.2) is 15.6 Å². The molecule has 6 heteroatoms. The van der Waals surface area contributed by atoms with E-state index in [1.807, 2.05) is 13.8 Å². The summed E-state index contributed by atoms with van der Waals surface area (Å²) in [6, 6.07) is -0.299. The molecule has 0 fully saturated rings. The van der Waals surface area contributed by atoms with Gasteiger partial charge in [-0.1, -0.05) is 13.8 Å². The Labute approximate surface area is 101 Å². The van der Waals surface area contributed by atoms with Crippen molar-refractivity contribution in [3.8, 4) is 0 Å². The molecule has 1 unspecified atom stereocenters. The number of rotatable bonds is 3. The van der Waals surface area contributed by atoms with Crippen molar-refractivity contribution in [3.63, 3.8) is 0 Å². The zero-order valence-corrected chi connectivity index (χ0v) is 10.7. The summed E-state index contributed by atoms with van der Waals surface area (Å²) in [5, 5.41) is 1.32. The van der Waals surface area contributed by atoms with E-state index in [0.717, 1.165) is 0 Å². The number of carbonyl (C=O) groups is 1. The summed E-state index contributed by atoms with van der Waals surface area (Å²) in [5.74, 6) is 5.81. The maximum absolute atomic E-state index is 11.9. The summed E-state index contributed by atoms with van der Waals surface area (Å²) >= 11 is 0. The van der Waals surface area contributed by atoms with Crippen LogP contribution in [-0.4, -0.2) is 29.6 Å². The van der Waals surface area contributed by atoms with Crippen LogP contribution in [0.25, 0.3) is 0 Å². The number of carbonyl (C=O) groups excluding carboxylic acids is 1. The molecule has 0 saturated heterocycles. The third kappa shape index (κ3) is 2.58. The topological polar surface area (TPSA) is 93.9 Å². The van der Waals surface area contributed by atoms with E-state index in [-0.39, 0.29) is 23.9 Å². The molecule has 1 aliphatic rings. The maximum Gasteiger partial charge on any atom is 0.338 e. The van der Waals surface area contributed by atoms with Gasteiger partial charge in [-0.05, 0) is 19.8 Å². The van der Waals surface area contributed by atoms with E-state index in [4.69, 9.17) is 16.3 Å². The first kappa shape index (κ1) is 13.5. The lowest BCUT2D eigenvalue weighted by molar-refractivity contribution is -0.139. The van der Waals surface area contributed by atoms with Crippen molar-refractivity contribution in [3.05, 3.63) is 11.3 Å². The number of nitrogens with two attached hydrogens (primary N) is 2. The van der Waals surface area contributed by atoms with Crippen molar-refractivity contribution in [2.45, 2.75) is 33.7 Å². The van der Waals surface area contributed by atoms with Crippen LogP contribution in [-0.2, 0) is 9.53 Å². The number of ether oxygens (including phenoxy) is 1. The molecular weight excluding hydrogens is 220 g/mol. The molecule has 96 valence electrons. The van der Waals surface area contributed by atoms with Crippen LogP contribution in [0.4, 0.5) is 0 Å². The van der Waals surface area contributed by atoms with E-state index in [0.29, 0.717) is 17.9 Å². The Bertz CT molecular complexity index is 374. The van der Waals surface area contributed by atoms with E-state index in [9.17, 15) is 4.79 Å². The number of hydrazine groups is 1. The molecule has 0 spiro atoms. The number of esters is 1. The van der Waals surface area contributed by atoms with Crippen LogP contribution in [0.15, 0.2) is 16.3 Å². The second kappa shape index (κ2) is 5.18. The average Bonchev–Trinajstić information content (AvgIpc) is 2.22. The molecular formula is C11H20N4O2. The Hall–Kier alpha value is -1.56. The standard InChI is InChI=1S/C11H20N4O2/c1-5-17-10(16)8-7(4)14-11(12)15(13)9(8)6(2)3/h6,9H,5,13H2,1-4H3,(H2,12,14). The van der Waals surface area contributed by atoms with Crippen molar-refractivity contribution in [2.75, 3.05) is 6.61 Å². The van der Waals surface area contributed by atoms with Gasteiger partial charge in [-0.2, -0.15) is 0 Å². The molecule has 0 bridgehead atoms. The van der Waals surface area contributed by atoms with Gasteiger partial charge in [0.15, 0.2) is 0 Å². The van der Waals surface area contributed by atoms with Gasteiger partial charge in [0.1, 0.15) is 0 Å². The fourth-order valence-electron chi connectivity index (χ4n) is 1.92. The SMILES string of the molecule is CCOC(=O)C1=C(C)N=C(N)N(N)C1C(C)C. The van der Waals surface area contributed by atoms with Crippen molar-refractivity contribution in [2.24, 2.45) is 22.5 Å². The smallest absolute Gasteiger partial charge is 0.338 e. The summed E-state index contributed by atoms with van der Waals surface area (Å²) in [4.78, 5) is 16.0. The average molecular weight is 240 g/mol. The number of guanidine groups is 1. The van der Waals surface area contributed by atoms with Crippen molar-refractivity contribution < 1.29 is 9.53 Å². The third-order valence-electron chi connectivity index (χ3n) is 2.66. The van der Waals surface area contributed by atoms with E-state index in [1.54, 1.807) is 13.8 Å². The van der Waals surface area contributed by atoms with Gasteiger partial charge in [0.2, 0.25) is 5.96 Å². The summed E-state index contributed by atoms with van der Waals surface area (Å²) in [5.41, 5.74) is 6.75. The molecule has 1 rings (SSSR count). The molecule has 17 heavy (non-hydrogen) atoms. The molecule has 1 aliphatic heterocycles. The number of hydrogen-bond donors (Lipinski definition) is 2. The van der Waals surface area contributed by atoms with Crippen LogP contribution >= 0.6 is 0 Å². The van der Waals surface area contributed by atoms with Crippen LogP contribution < -0.4 is 11.6 Å². The summed E-state index contributed by atoms with van der Waals surface area (Å²) in [7, 11) is 0. The molecule has 4 N–H and O–H groups in total. The molecule has 0 amide bonds. The van der Waals surface area contributed by atoms with Gasteiger partial charge in [-0.3, -0.25) is 5.01 Å². The minimum atomic E-state index is -0.379. The Balaban J connectivity index is 3.18. The van der Waals surface area contributed by atoms with Gasteiger partial charge >= 0.3 is 5.97 Å². The second-order valence-electron chi connectivity index (χ2n) is 4.29. The molecule has 1 atom stereocenters. The Morgan fingerprint density at radius 1 is 1.59 bits per heavy atom. The lowest BCUT2D eigenvalue weighted by Gasteiger charge is -2.35. The predicted octanol–water partition coefficient (Wildman–Crippen LogP) is 0.352. The summed E-state index contributed by atoms with van der Waals surface area (Å²) in [6.45, 7) is 7.76. The predicted molar refractivity (Wildman–Crippen MR) is 65.6 cm³/mol. The fourth-order valence-corrected chi connectivity index (χ4v) is 1.92. The minimum Gasteiger partial charge on any atom is -0.463 e.